The summed E-state index contributed by atoms with van der Waals surface area (Å²) in [6, 6.07) is 43.1. The van der Waals surface area contributed by atoms with Crippen LogP contribution in [0.4, 0.5) is 11.4 Å². The predicted octanol–water partition coefficient (Wildman–Crippen LogP) is 10.4. The van der Waals surface area contributed by atoms with Crippen molar-refractivity contribution in [2.75, 3.05) is 11.5 Å². The van der Waals surface area contributed by atoms with Gasteiger partial charge in [-0.15, -0.1) is 0 Å². The van der Waals surface area contributed by atoms with E-state index in [-0.39, 0.29) is 0 Å². The summed E-state index contributed by atoms with van der Waals surface area (Å²) in [5.74, 6) is 0. The molecule has 2 heteroatoms. The van der Waals surface area contributed by atoms with E-state index >= 15 is 0 Å². The average molecular weight is 545 g/mol. The minimum Gasteiger partial charge on any atom is -0.399 e. The highest BCUT2D eigenvalue weighted by Crippen LogP contribution is 2.54. The van der Waals surface area contributed by atoms with Gasteiger partial charge in [-0.25, -0.2) is 0 Å². The van der Waals surface area contributed by atoms with E-state index in [2.05, 4.69) is 137 Å². The van der Waals surface area contributed by atoms with Crippen LogP contribution in [0.5, 0.6) is 0 Å². The van der Waals surface area contributed by atoms with E-state index in [9.17, 15) is 0 Å². The van der Waals surface area contributed by atoms with E-state index in [0.717, 1.165) is 67.0 Å². The van der Waals surface area contributed by atoms with Crippen LogP contribution in [0.2, 0.25) is 0 Å². The maximum atomic E-state index is 7.45. The molecule has 0 amide bonds. The standard InChI is InChI=1S/C40H36N2/c1-25-9-5-13-30(21-25)36-35(29-17-19-34(41)20-18-29)37(31-14-6-10-26(2)22-31)39(33-16-8-12-28(4)24-33)40(42)38(36)32-15-7-11-27(3)23-32/h5-24H,41-42H2,1-4H3. The highest BCUT2D eigenvalue weighted by atomic mass is 14.6. The molecule has 0 atom stereocenters. The molecule has 0 saturated carbocycles. The zero-order valence-corrected chi connectivity index (χ0v) is 24.7. The summed E-state index contributed by atoms with van der Waals surface area (Å²) in [6.45, 7) is 8.56. The lowest BCUT2D eigenvalue weighted by Crippen LogP contribution is -2.04. The number of nitrogens with two attached hydrogens (primary N) is 2. The number of anilines is 2. The van der Waals surface area contributed by atoms with Crippen molar-refractivity contribution < 1.29 is 0 Å². The summed E-state index contributed by atoms with van der Waals surface area (Å²) >= 11 is 0. The SMILES string of the molecule is Cc1cccc(-c2c(N)c(-c3cccc(C)c3)c(-c3cccc(C)c3)c(-c3ccc(N)cc3)c2-c2cccc(C)c2)c1. The minimum atomic E-state index is 0.737. The van der Waals surface area contributed by atoms with Crippen molar-refractivity contribution in [2.24, 2.45) is 0 Å². The van der Waals surface area contributed by atoms with Crippen LogP contribution in [-0.4, -0.2) is 0 Å². The zero-order chi connectivity index (χ0) is 29.4. The van der Waals surface area contributed by atoms with Crippen LogP contribution in [0.25, 0.3) is 55.6 Å². The average Bonchev–Trinajstić information content (AvgIpc) is 2.97. The highest BCUT2D eigenvalue weighted by molar-refractivity contribution is 6.13. The third kappa shape index (κ3) is 5.08. The summed E-state index contributed by atoms with van der Waals surface area (Å²) in [4.78, 5) is 0. The summed E-state index contributed by atoms with van der Waals surface area (Å²) in [7, 11) is 0. The number of aryl methyl sites for hydroxylation is 4. The number of nitrogen functional groups attached to an aromatic ring is 2. The number of hydrogen-bond acceptors (Lipinski definition) is 2. The van der Waals surface area contributed by atoms with E-state index in [1.807, 2.05) is 12.1 Å². The van der Waals surface area contributed by atoms with E-state index in [1.54, 1.807) is 0 Å². The Morgan fingerprint density at radius 3 is 0.976 bits per heavy atom. The molecule has 0 aliphatic rings. The molecule has 206 valence electrons. The fraction of sp³-hybridized carbons (Fsp3) is 0.100. The molecule has 0 spiro atoms. The van der Waals surface area contributed by atoms with E-state index < -0.39 is 0 Å². The Balaban J connectivity index is 1.91. The fourth-order valence-electron chi connectivity index (χ4n) is 6.09. The first kappa shape index (κ1) is 27.1. The Hall–Kier alpha value is -5.08. The maximum absolute atomic E-state index is 7.45. The molecule has 6 rings (SSSR count). The molecule has 42 heavy (non-hydrogen) atoms. The molecule has 0 fully saturated rings. The molecule has 0 aromatic heterocycles. The Morgan fingerprint density at radius 2 is 0.643 bits per heavy atom. The van der Waals surface area contributed by atoms with Crippen LogP contribution in [0, 0.1) is 27.7 Å². The van der Waals surface area contributed by atoms with Gasteiger partial charge in [0.25, 0.3) is 0 Å². The molecule has 2 nitrogen and oxygen atoms in total. The van der Waals surface area contributed by atoms with Crippen LogP contribution < -0.4 is 11.5 Å². The summed E-state index contributed by atoms with van der Waals surface area (Å²) in [5, 5.41) is 0. The van der Waals surface area contributed by atoms with Gasteiger partial charge in [-0.05, 0) is 73.2 Å². The van der Waals surface area contributed by atoms with Crippen LogP contribution in [0.1, 0.15) is 22.3 Å². The molecular weight excluding hydrogens is 508 g/mol. The normalized spacial score (nSPS) is 11.0. The molecule has 0 unspecified atom stereocenters. The minimum absolute atomic E-state index is 0.737. The largest absolute Gasteiger partial charge is 0.399 e. The molecule has 6 aromatic rings. The van der Waals surface area contributed by atoms with Crippen molar-refractivity contribution in [3.63, 3.8) is 0 Å². The Labute approximate surface area is 249 Å². The second-order valence-electron chi connectivity index (χ2n) is 11.4. The summed E-state index contributed by atoms with van der Waals surface area (Å²) in [5.41, 5.74) is 31.0. The van der Waals surface area contributed by atoms with Crippen LogP contribution >= 0.6 is 0 Å². The highest BCUT2D eigenvalue weighted by Gasteiger charge is 2.27. The van der Waals surface area contributed by atoms with Gasteiger partial charge in [0.2, 0.25) is 0 Å². The summed E-state index contributed by atoms with van der Waals surface area (Å²) in [6.07, 6.45) is 0. The molecular formula is C40H36N2. The molecule has 0 radical (unpaired) electrons. The van der Waals surface area contributed by atoms with Crippen molar-refractivity contribution in [1.82, 2.24) is 0 Å². The number of hydrogen-bond donors (Lipinski definition) is 2. The number of benzene rings is 6. The van der Waals surface area contributed by atoms with Crippen molar-refractivity contribution >= 4 is 11.4 Å². The van der Waals surface area contributed by atoms with Gasteiger partial charge in [0, 0.05) is 33.6 Å². The van der Waals surface area contributed by atoms with Gasteiger partial charge in [0.1, 0.15) is 0 Å². The van der Waals surface area contributed by atoms with Gasteiger partial charge in [0.05, 0.1) is 0 Å². The van der Waals surface area contributed by atoms with Gasteiger partial charge in [0.15, 0.2) is 0 Å². The first-order valence-electron chi connectivity index (χ1n) is 14.4. The Morgan fingerprint density at radius 1 is 0.333 bits per heavy atom. The monoisotopic (exact) mass is 544 g/mol. The van der Waals surface area contributed by atoms with Crippen LogP contribution in [-0.2, 0) is 0 Å². The third-order valence-corrected chi connectivity index (χ3v) is 7.97. The first-order chi connectivity index (χ1) is 20.3. The maximum Gasteiger partial charge on any atom is 0.0486 e. The molecule has 4 N–H and O–H groups in total. The Kier molecular flexibility index (Phi) is 7.14. The van der Waals surface area contributed by atoms with Gasteiger partial charge in [-0.2, -0.15) is 0 Å². The molecule has 0 aliphatic heterocycles. The van der Waals surface area contributed by atoms with E-state index in [1.165, 1.54) is 22.3 Å². The smallest absolute Gasteiger partial charge is 0.0486 e. The van der Waals surface area contributed by atoms with Gasteiger partial charge < -0.3 is 11.5 Å². The van der Waals surface area contributed by atoms with Crippen molar-refractivity contribution in [3.05, 3.63) is 144 Å². The number of rotatable bonds is 5. The lowest BCUT2D eigenvalue weighted by Gasteiger charge is -2.27. The fourth-order valence-corrected chi connectivity index (χ4v) is 6.09. The summed E-state index contributed by atoms with van der Waals surface area (Å²) < 4.78 is 0. The van der Waals surface area contributed by atoms with Gasteiger partial charge >= 0.3 is 0 Å². The van der Waals surface area contributed by atoms with Gasteiger partial charge in [-0.3, -0.25) is 0 Å². The molecule has 0 saturated heterocycles. The lowest BCUT2D eigenvalue weighted by atomic mass is 9.77. The first-order valence-corrected chi connectivity index (χ1v) is 14.4. The quantitative estimate of drug-likeness (QED) is 0.212. The van der Waals surface area contributed by atoms with E-state index in [0.29, 0.717) is 0 Å². The zero-order valence-electron chi connectivity index (χ0n) is 24.7. The molecule has 0 aliphatic carbocycles. The topological polar surface area (TPSA) is 52.0 Å². The van der Waals surface area contributed by atoms with Crippen molar-refractivity contribution in [2.45, 2.75) is 27.7 Å². The molecule has 0 heterocycles. The van der Waals surface area contributed by atoms with Gasteiger partial charge in [-0.1, -0.05) is 131 Å². The third-order valence-electron chi connectivity index (χ3n) is 7.97. The van der Waals surface area contributed by atoms with E-state index in [4.69, 9.17) is 11.5 Å². The second kappa shape index (κ2) is 11.1. The van der Waals surface area contributed by atoms with Crippen LogP contribution in [0.15, 0.2) is 121 Å². The molecule has 0 bridgehead atoms. The van der Waals surface area contributed by atoms with Crippen molar-refractivity contribution in [1.29, 1.82) is 0 Å². The predicted molar refractivity (Wildman–Crippen MR) is 181 cm³/mol. The Bertz CT molecular complexity index is 1810. The molecule has 6 aromatic carbocycles. The second-order valence-corrected chi connectivity index (χ2v) is 11.4. The van der Waals surface area contributed by atoms with Crippen molar-refractivity contribution in [3.8, 4) is 55.6 Å². The van der Waals surface area contributed by atoms with Crippen LogP contribution in [0.3, 0.4) is 0 Å². The lowest BCUT2D eigenvalue weighted by molar-refractivity contribution is 1.43.